The average Bonchev–Trinajstić information content (AvgIpc) is 3.42. The highest BCUT2D eigenvalue weighted by Gasteiger charge is 2.29. The van der Waals surface area contributed by atoms with E-state index in [2.05, 4.69) is 10.2 Å². The van der Waals surface area contributed by atoms with Crippen molar-refractivity contribution in [1.29, 1.82) is 0 Å². The van der Waals surface area contributed by atoms with Crippen LogP contribution in [-0.2, 0) is 10.0 Å². The number of nitrogens with zero attached hydrogens (tertiary/aromatic N) is 4. The molecule has 0 bridgehead atoms. The Morgan fingerprint density at radius 2 is 1.73 bits per heavy atom. The van der Waals surface area contributed by atoms with Crippen molar-refractivity contribution < 1.29 is 17.6 Å². The molecule has 2 aliphatic heterocycles. The van der Waals surface area contributed by atoms with Gasteiger partial charge in [-0.15, -0.1) is 21.5 Å². The minimum atomic E-state index is -3.47. The lowest BCUT2D eigenvalue weighted by Crippen LogP contribution is -2.35. The molecule has 8 nitrogen and oxygen atoms in total. The van der Waals surface area contributed by atoms with Crippen molar-refractivity contribution >= 4 is 27.3 Å². The van der Waals surface area contributed by atoms with Gasteiger partial charge in [0.1, 0.15) is 4.21 Å². The molecule has 2 aromatic heterocycles. The van der Waals surface area contributed by atoms with Crippen LogP contribution >= 0.6 is 11.3 Å². The van der Waals surface area contributed by atoms with Crippen LogP contribution in [0.1, 0.15) is 42.8 Å². The van der Waals surface area contributed by atoms with E-state index < -0.39 is 10.0 Å². The molecule has 26 heavy (non-hydrogen) atoms. The van der Waals surface area contributed by atoms with Gasteiger partial charge in [-0.25, -0.2) is 8.42 Å². The van der Waals surface area contributed by atoms with Crippen LogP contribution in [0.5, 0.6) is 0 Å². The van der Waals surface area contributed by atoms with Gasteiger partial charge in [-0.3, -0.25) is 4.79 Å². The van der Waals surface area contributed by atoms with E-state index in [1.165, 1.54) is 4.31 Å². The number of hydrogen-bond acceptors (Lipinski definition) is 7. The summed E-state index contributed by atoms with van der Waals surface area (Å²) < 4.78 is 32.5. The Morgan fingerprint density at radius 3 is 2.46 bits per heavy atom. The van der Waals surface area contributed by atoms with E-state index in [0.29, 0.717) is 31.7 Å². The standard InChI is InChI=1S/C16H20N4O4S2/c21-16(19-6-2-1-3-7-19)15-18-17-14(24-15)12-10-13(25-11-12)26(22,23)20-8-4-5-9-20/h10-11H,1-9H2. The molecule has 0 unspecified atom stereocenters. The van der Waals surface area contributed by atoms with Gasteiger partial charge in [0.05, 0.1) is 5.56 Å². The number of rotatable bonds is 4. The van der Waals surface area contributed by atoms with Crippen LogP contribution in [0.15, 0.2) is 20.1 Å². The molecule has 0 radical (unpaired) electrons. The zero-order chi connectivity index (χ0) is 18.1. The van der Waals surface area contributed by atoms with Crippen molar-refractivity contribution in [2.75, 3.05) is 26.2 Å². The van der Waals surface area contributed by atoms with Gasteiger partial charge in [0.2, 0.25) is 5.89 Å². The molecule has 4 rings (SSSR count). The fourth-order valence-corrected chi connectivity index (χ4v) is 6.10. The van der Waals surface area contributed by atoms with Gasteiger partial charge in [0, 0.05) is 31.6 Å². The number of piperidine rings is 1. The highest BCUT2D eigenvalue weighted by Crippen LogP contribution is 2.31. The summed E-state index contributed by atoms with van der Waals surface area (Å²) in [5.41, 5.74) is 0.526. The zero-order valence-electron chi connectivity index (χ0n) is 14.3. The number of amides is 1. The van der Waals surface area contributed by atoms with E-state index in [1.54, 1.807) is 16.3 Å². The second-order valence-electron chi connectivity index (χ2n) is 6.53. The van der Waals surface area contributed by atoms with E-state index >= 15 is 0 Å². The van der Waals surface area contributed by atoms with Crippen LogP contribution in [0.2, 0.25) is 0 Å². The summed E-state index contributed by atoms with van der Waals surface area (Å²) in [5.74, 6) is -0.134. The van der Waals surface area contributed by atoms with Gasteiger partial charge in [-0.1, -0.05) is 0 Å². The Labute approximate surface area is 155 Å². The van der Waals surface area contributed by atoms with Crippen LogP contribution in [0.3, 0.4) is 0 Å². The molecule has 10 heteroatoms. The Bertz CT molecular complexity index is 893. The summed E-state index contributed by atoms with van der Waals surface area (Å²) in [6.07, 6.45) is 4.87. The lowest BCUT2D eigenvalue weighted by Gasteiger charge is -2.24. The lowest BCUT2D eigenvalue weighted by molar-refractivity contribution is 0.0684. The van der Waals surface area contributed by atoms with E-state index in [9.17, 15) is 13.2 Å². The summed E-state index contributed by atoms with van der Waals surface area (Å²) in [5, 5.41) is 9.46. The van der Waals surface area contributed by atoms with Gasteiger partial charge in [0.25, 0.3) is 10.0 Å². The first-order valence-electron chi connectivity index (χ1n) is 8.77. The molecular formula is C16H20N4O4S2. The summed E-state index contributed by atoms with van der Waals surface area (Å²) in [6.45, 7) is 2.52. The third-order valence-corrected chi connectivity index (χ3v) is 8.05. The summed E-state index contributed by atoms with van der Waals surface area (Å²) >= 11 is 1.13. The number of thiophene rings is 1. The largest absolute Gasteiger partial charge is 0.412 e. The maximum atomic E-state index is 12.6. The summed E-state index contributed by atoms with van der Waals surface area (Å²) in [7, 11) is -3.47. The monoisotopic (exact) mass is 396 g/mol. The van der Waals surface area contributed by atoms with Crippen LogP contribution in [-0.4, -0.2) is 59.9 Å². The molecule has 0 aliphatic carbocycles. The first kappa shape index (κ1) is 17.6. The molecule has 0 saturated carbocycles. The fraction of sp³-hybridized carbons (Fsp3) is 0.562. The molecule has 1 amide bonds. The number of sulfonamides is 1. The SMILES string of the molecule is O=C(c1nnc(-c2csc(S(=O)(=O)N3CCCC3)c2)o1)N1CCCCC1. The Morgan fingerprint density at radius 1 is 1.04 bits per heavy atom. The topological polar surface area (TPSA) is 96.6 Å². The van der Waals surface area contributed by atoms with Crippen molar-refractivity contribution in [3.05, 3.63) is 17.3 Å². The van der Waals surface area contributed by atoms with Crippen LogP contribution in [0.25, 0.3) is 11.5 Å². The third kappa shape index (κ3) is 3.28. The predicted octanol–water partition coefficient (Wildman–Crippen LogP) is 2.21. The smallest absolute Gasteiger partial charge is 0.311 e. The van der Waals surface area contributed by atoms with Crippen molar-refractivity contribution in [3.63, 3.8) is 0 Å². The first-order valence-corrected chi connectivity index (χ1v) is 11.1. The molecule has 2 fully saturated rings. The second-order valence-corrected chi connectivity index (χ2v) is 9.61. The predicted molar refractivity (Wildman–Crippen MR) is 95.4 cm³/mol. The molecule has 2 aliphatic rings. The maximum Gasteiger partial charge on any atom is 0.311 e. The van der Waals surface area contributed by atoms with Crippen LogP contribution < -0.4 is 0 Å². The molecule has 4 heterocycles. The normalized spacial score (nSPS) is 19.2. The summed E-state index contributed by atoms with van der Waals surface area (Å²) in [4.78, 5) is 14.1. The van der Waals surface area contributed by atoms with Crippen molar-refractivity contribution in [3.8, 4) is 11.5 Å². The fourth-order valence-electron chi connectivity index (χ4n) is 3.28. The van der Waals surface area contributed by atoms with Gasteiger partial charge in [-0.05, 0) is 38.2 Å². The Balaban J connectivity index is 1.53. The lowest BCUT2D eigenvalue weighted by atomic mass is 10.1. The molecule has 0 atom stereocenters. The van der Waals surface area contributed by atoms with E-state index in [1.807, 2.05) is 0 Å². The Hall–Kier alpha value is -1.78. The zero-order valence-corrected chi connectivity index (χ0v) is 15.9. The van der Waals surface area contributed by atoms with Crippen molar-refractivity contribution in [2.24, 2.45) is 0 Å². The number of hydrogen-bond donors (Lipinski definition) is 0. The van der Waals surface area contributed by atoms with Gasteiger partial charge < -0.3 is 9.32 Å². The van der Waals surface area contributed by atoms with Crippen molar-refractivity contribution in [2.45, 2.75) is 36.3 Å². The molecule has 2 aromatic rings. The number of aromatic nitrogens is 2. The molecule has 0 spiro atoms. The Kier molecular flexibility index (Phi) is 4.80. The van der Waals surface area contributed by atoms with Gasteiger partial charge in [0.15, 0.2) is 0 Å². The third-order valence-electron chi connectivity index (χ3n) is 4.73. The molecular weight excluding hydrogens is 376 g/mol. The molecule has 2 saturated heterocycles. The maximum absolute atomic E-state index is 12.6. The average molecular weight is 396 g/mol. The molecule has 0 N–H and O–H groups in total. The van der Waals surface area contributed by atoms with E-state index in [4.69, 9.17) is 4.42 Å². The first-order chi connectivity index (χ1) is 12.6. The number of likely N-dealkylation sites (tertiary alicyclic amines) is 1. The minimum absolute atomic E-state index is 0.0444. The highest BCUT2D eigenvalue weighted by molar-refractivity contribution is 7.91. The van der Waals surface area contributed by atoms with E-state index in [0.717, 1.165) is 43.4 Å². The number of carbonyl (C=O) groups is 1. The van der Waals surface area contributed by atoms with Crippen LogP contribution in [0.4, 0.5) is 0 Å². The van der Waals surface area contributed by atoms with Crippen LogP contribution in [0, 0.1) is 0 Å². The summed E-state index contributed by atoms with van der Waals surface area (Å²) in [6, 6.07) is 1.54. The highest BCUT2D eigenvalue weighted by atomic mass is 32.2. The van der Waals surface area contributed by atoms with E-state index in [-0.39, 0.29) is 21.9 Å². The minimum Gasteiger partial charge on any atom is -0.412 e. The van der Waals surface area contributed by atoms with Crippen molar-refractivity contribution in [1.82, 2.24) is 19.4 Å². The number of carbonyl (C=O) groups excluding carboxylic acids is 1. The molecule has 0 aromatic carbocycles. The van der Waals surface area contributed by atoms with Gasteiger partial charge >= 0.3 is 11.8 Å². The molecule has 140 valence electrons. The van der Waals surface area contributed by atoms with Gasteiger partial charge in [-0.2, -0.15) is 4.31 Å². The quantitative estimate of drug-likeness (QED) is 0.786. The second kappa shape index (κ2) is 7.09.